The van der Waals surface area contributed by atoms with Crippen molar-refractivity contribution in [3.63, 3.8) is 0 Å². The Morgan fingerprint density at radius 1 is 1.33 bits per heavy atom. The Bertz CT molecular complexity index is 614. The van der Waals surface area contributed by atoms with Crippen LogP contribution in [0.5, 0.6) is 0 Å². The van der Waals surface area contributed by atoms with Crippen molar-refractivity contribution in [3.05, 3.63) is 24.3 Å². The number of rotatable bonds is 6. The van der Waals surface area contributed by atoms with Gasteiger partial charge in [-0.15, -0.1) is 0 Å². The molecule has 0 aromatic heterocycles. The normalized spacial score (nSPS) is 15.0. The molecule has 116 valence electrons. The highest BCUT2D eigenvalue weighted by molar-refractivity contribution is 7.92. The van der Waals surface area contributed by atoms with Crippen LogP contribution in [-0.4, -0.2) is 39.2 Å². The molecule has 0 saturated carbocycles. The van der Waals surface area contributed by atoms with E-state index in [-0.39, 0.29) is 18.2 Å². The van der Waals surface area contributed by atoms with E-state index in [1.807, 2.05) is 13.8 Å². The zero-order valence-electron chi connectivity index (χ0n) is 12.3. The molecule has 0 fully saturated rings. The molecule has 21 heavy (non-hydrogen) atoms. The second-order valence-electron chi connectivity index (χ2n) is 5.35. The number of sulfonamides is 1. The van der Waals surface area contributed by atoms with E-state index in [1.165, 1.54) is 4.31 Å². The van der Waals surface area contributed by atoms with E-state index >= 15 is 0 Å². The van der Waals surface area contributed by atoms with E-state index < -0.39 is 10.0 Å². The zero-order chi connectivity index (χ0) is 15.5. The number of nitrogens with zero attached hydrogens (tertiary/aromatic N) is 1. The van der Waals surface area contributed by atoms with Crippen molar-refractivity contribution in [2.24, 2.45) is 0 Å². The Morgan fingerprint density at radius 3 is 2.76 bits per heavy atom. The van der Waals surface area contributed by atoms with Gasteiger partial charge in [-0.05, 0) is 25.1 Å². The molecule has 7 heteroatoms. The number of hydrogen-bond acceptors (Lipinski definition) is 4. The van der Waals surface area contributed by atoms with Crippen molar-refractivity contribution < 1.29 is 13.2 Å². The van der Waals surface area contributed by atoms with Gasteiger partial charge in [0.05, 0.1) is 17.1 Å². The van der Waals surface area contributed by atoms with Crippen molar-refractivity contribution in [1.29, 1.82) is 0 Å². The standard InChI is InChI=1S/C14H21N3O3S/c1-11(2)15-8-5-9-21(19,20)17-10-14(18)16-12-6-3-4-7-13(12)17/h3-4,6-7,11,15H,5,8-10H2,1-2H3,(H,16,18). The quantitative estimate of drug-likeness (QED) is 0.773. The summed E-state index contributed by atoms with van der Waals surface area (Å²) in [4.78, 5) is 11.7. The molecule has 0 atom stereocenters. The summed E-state index contributed by atoms with van der Waals surface area (Å²) in [6.45, 7) is 4.51. The van der Waals surface area contributed by atoms with Crippen LogP contribution in [0.4, 0.5) is 11.4 Å². The molecular weight excluding hydrogens is 290 g/mol. The third-order valence-corrected chi connectivity index (χ3v) is 5.00. The molecule has 0 aliphatic carbocycles. The number of hydrogen-bond donors (Lipinski definition) is 2. The van der Waals surface area contributed by atoms with Crippen LogP contribution in [0.3, 0.4) is 0 Å². The highest BCUT2D eigenvalue weighted by Crippen LogP contribution is 2.31. The third-order valence-electron chi connectivity index (χ3n) is 3.20. The summed E-state index contributed by atoms with van der Waals surface area (Å²) in [5, 5.41) is 5.87. The van der Waals surface area contributed by atoms with Crippen LogP contribution in [0.2, 0.25) is 0 Å². The Kier molecular flexibility index (Phi) is 4.84. The molecule has 0 unspecified atom stereocenters. The average molecular weight is 311 g/mol. The summed E-state index contributed by atoms with van der Waals surface area (Å²) in [5.74, 6) is -0.286. The van der Waals surface area contributed by atoms with Gasteiger partial charge in [-0.3, -0.25) is 9.10 Å². The molecular formula is C14H21N3O3S. The first-order valence-corrected chi connectivity index (χ1v) is 8.64. The summed E-state index contributed by atoms with van der Waals surface area (Å²) < 4.78 is 26.1. The maximum atomic E-state index is 12.5. The van der Waals surface area contributed by atoms with Crippen LogP contribution in [0.1, 0.15) is 20.3 Å². The van der Waals surface area contributed by atoms with Gasteiger partial charge in [0.25, 0.3) is 0 Å². The Hall–Kier alpha value is -1.60. The van der Waals surface area contributed by atoms with Crippen LogP contribution in [0.15, 0.2) is 24.3 Å². The number of carbonyl (C=O) groups excluding carboxylic acids is 1. The van der Waals surface area contributed by atoms with E-state index in [0.717, 1.165) is 0 Å². The summed E-state index contributed by atoms with van der Waals surface area (Å²) >= 11 is 0. The predicted octanol–water partition coefficient (Wildman–Crippen LogP) is 1.16. The van der Waals surface area contributed by atoms with E-state index in [2.05, 4.69) is 10.6 Å². The van der Waals surface area contributed by atoms with Crippen molar-refractivity contribution in [3.8, 4) is 0 Å². The second kappa shape index (κ2) is 6.44. The Labute approximate surface area is 125 Å². The first kappa shape index (κ1) is 15.8. The maximum Gasteiger partial charge on any atom is 0.245 e. The number of para-hydroxylation sites is 2. The number of benzene rings is 1. The smallest absolute Gasteiger partial charge is 0.245 e. The van der Waals surface area contributed by atoms with Crippen molar-refractivity contribution >= 4 is 27.3 Å². The highest BCUT2D eigenvalue weighted by atomic mass is 32.2. The summed E-state index contributed by atoms with van der Waals surface area (Å²) in [6.07, 6.45) is 0.515. The molecule has 1 aliphatic heterocycles. The summed E-state index contributed by atoms with van der Waals surface area (Å²) in [7, 11) is -3.50. The molecule has 0 spiro atoms. The van der Waals surface area contributed by atoms with Crippen LogP contribution in [0, 0.1) is 0 Å². The third kappa shape index (κ3) is 3.95. The number of nitrogens with one attached hydrogen (secondary N) is 2. The number of carbonyl (C=O) groups is 1. The molecule has 1 aromatic rings. The average Bonchev–Trinajstić information content (AvgIpc) is 2.42. The fourth-order valence-electron chi connectivity index (χ4n) is 2.21. The molecule has 1 heterocycles. The van der Waals surface area contributed by atoms with Gasteiger partial charge in [-0.1, -0.05) is 26.0 Å². The van der Waals surface area contributed by atoms with Gasteiger partial charge in [0.1, 0.15) is 6.54 Å². The summed E-state index contributed by atoms with van der Waals surface area (Å²) in [5.41, 5.74) is 1.08. The number of fused-ring (bicyclic) bond motifs is 1. The lowest BCUT2D eigenvalue weighted by atomic mass is 10.2. The molecule has 2 rings (SSSR count). The van der Waals surface area contributed by atoms with E-state index in [1.54, 1.807) is 24.3 Å². The van der Waals surface area contributed by atoms with E-state index in [9.17, 15) is 13.2 Å². The van der Waals surface area contributed by atoms with Crippen LogP contribution >= 0.6 is 0 Å². The minimum atomic E-state index is -3.50. The minimum absolute atomic E-state index is 0.0222. The van der Waals surface area contributed by atoms with Crippen molar-refractivity contribution in [1.82, 2.24) is 5.32 Å². The second-order valence-corrected chi connectivity index (χ2v) is 7.36. The van der Waals surface area contributed by atoms with Gasteiger partial charge in [-0.2, -0.15) is 0 Å². The maximum absolute atomic E-state index is 12.5. The molecule has 1 aromatic carbocycles. The van der Waals surface area contributed by atoms with Crippen molar-refractivity contribution in [2.45, 2.75) is 26.3 Å². The van der Waals surface area contributed by atoms with E-state index in [4.69, 9.17) is 0 Å². The SMILES string of the molecule is CC(C)NCCCS(=O)(=O)N1CC(=O)Nc2ccccc21. The molecule has 1 amide bonds. The highest BCUT2D eigenvalue weighted by Gasteiger charge is 2.30. The monoisotopic (exact) mass is 311 g/mol. The zero-order valence-corrected chi connectivity index (χ0v) is 13.1. The minimum Gasteiger partial charge on any atom is -0.323 e. The topological polar surface area (TPSA) is 78.5 Å². The molecule has 0 bridgehead atoms. The molecule has 0 saturated heterocycles. The molecule has 2 N–H and O–H groups in total. The fourth-order valence-corrected chi connectivity index (χ4v) is 3.71. The number of amides is 1. The summed E-state index contributed by atoms with van der Waals surface area (Å²) in [6, 6.07) is 7.27. The van der Waals surface area contributed by atoms with Crippen LogP contribution in [0.25, 0.3) is 0 Å². The van der Waals surface area contributed by atoms with Gasteiger partial charge >= 0.3 is 0 Å². The molecule has 0 radical (unpaired) electrons. The van der Waals surface area contributed by atoms with Crippen LogP contribution in [-0.2, 0) is 14.8 Å². The number of anilines is 2. The molecule has 6 nitrogen and oxygen atoms in total. The van der Waals surface area contributed by atoms with Gasteiger partial charge in [-0.25, -0.2) is 8.42 Å². The first-order valence-electron chi connectivity index (χ1n) is 7.03. The lowest BCUT2D eigenvalue weighted by molar-refractivity contribution is -0.115. The fraction of sp³-hybridized carbons (Fsp3) is 0.500. The van der Waals surface area contributed by atoms with Crippen LogP contribution < -0.4 is 14.9 Å². The largest absolute Gasteiger partial charge is 0.323 e. The Morgan fingerprint density at radius 2 is 2.05 bits per heavy atom. The van der Waals surface area contributed by atoms with Gasteiger partial charge in [0.2, 0.25) is 15.9 Å². The van der Waals surface area contributed by atoms with E-state index in [0.29, 0.717) is 30.4 Å². The predicted molar refractivity (Wildman–Crippen MR) is 84.0 cm³/mol. The lowest BCUT2D eigenvalue weighted by Gasteiger charge is -2.30. The van der Waals surface area contributed by atoms with Gasteiger partial charge < -0.3 is 10.6 Å². The van der Waals surface area contributed by atoms with Gasteiger partial charge in [0, 0.05) is 6.04 Å². The molecule has 1 aliphatic rings. The lowest BCUT2D eigenvalue weighted by Crippen LogP contribution is -2.43. The van der Waals surface area contributed by atoms with Gasteiger partial charge in [0.15, 0.2) is 0 Å². The first-order chi connectivity index (χ1) is 9.90. The Balaban J connectivity index is 2.11. The van der Waals surface area contributed by atoms with Crippen molar-refractivity contribution in [2.75, 3.05) is 28.5 Å².